The zero-order valence-electron chi connectivity index (χ0n) is 11.5. The van der Waals surface area contributed by atoms with Gasteiger partial charge in [-0.2, -0.15) is 0 Å². The Kier molecular flexibility index (Phi) is 5.28. The maximum Gasteiger partial charge on any atom is 0.0890 e. The molecule has 2 N–H and O–H groups in total. The molecule has 1 atom stereocenters. The van der Waals surface area contributed by atoms with Gasteiger partial charge in [-0.05, 0) is 43.7 Å². The molecule has 0 aromatic heterocycles. The first-order valence-corrected chi connectivity index (χ1v) is 8.07. The fourth-order valence-electron chi connectivity index (χ4n) is 2.63. The van der Waals surface area contributed by atoms with E-state index in [4.69, 9.17) is 0 Å². The highest BCUT2D eigenvalue weighted by Crippen LogP contribution is 2.25. The second-order valence-corrected chi connectivity index (χ2v) is 6.17. The Morgan fingerprint density at radius 1 is 1.26 bits per heavy atom. The van der Waals surface area contributed by atoms with Crippen molar-refractivity contribution in [1.82, 2.24) is 4.90 Å². The van der Waals surface area contributed by atoms with Crippen LogP contribution in [0.3, 0.4) is 0 Å². The molecule has 0 saturated carbocycles. The van der Waals surface area contributed by atoms with Gasteiger partial charge in [-0.15, -0.1) is 11.8 Å². The van der Waals surface area contributed by atoms with Crippen LogP contribution in [-0.4, -0.2) is 46.7 Å². The standard InChI is InChI=1S/C15H23NO2S/c1-19-14-6-3-2-5-13(14)11-16-9-4-7-15(18,12-17)8-10-16/h2-3,5-6,17-18H,4,7-12H2,1H3/t15-/m0/s1. The van der Waals surface area contributed by atoms with Gasteiger partial charge in [0.25, 0.3) is 0 Å². The predicted molar refractivity (Wildman–Crippen MR) is 79.4 cm³/mol. The van der Waals surface area contributed by atoms with E-state index < -0.39 is 5.60 Å². The highest BCUT2D eigenvalue weighted by atomic mass is 32.2. The van der Waals surface area contributed by atoms with Crippen LogP contribution in [0.2, 0.25) is 0 Å². The molecular weight excluding hydrogens is 258 g/mol. The van der Waals surface area contributed by atoms with E-state index in [1.165, 1.54) is 10.5 Å². The van der Waals surface area contributed by atoms with Crippen molar-refractivity contribution in [3.8, 4) is 0 Å². The number of aliphatic hydroxyl groups excluding tert-OH is 1. The van der Waals surface area contributed by atoms with E-state index >= 15 is 0 Å². The number of nitrogens with zero attached hydrogens (tertiary/aromatic N) is 1. The summed E-state index contributed by atoms with van der Waals surface area (Å²) in [5.74, 6) is 0. The molecular formula is C15H23NO2S. The van der Waals surface area contributed by atoms with Crippen molar-refractivity contribution >= 4 is 11.8 Å². The first-order chi connectivity index (χ1) is 9.17. The van der Waals surface area contributed by atoms with Crippen molar-refractivity contribution in [2.75, 3.05) is 26.0 Å². The van der Waals surface area contributed by atoms with Crippen LogP contribution in [0, 0.1) is 0 Å². The Labute approximate surface area is 119 Å². The fraction of sp³-hybridized carbons (Fsp3) is 0.600. The van der Waals surface area contributed by atoms with Gasteiger partial charge in [0, 0.05) is 18.0 Å². The first-order valence-electron chi connectivity index (χ1n) is 6.84. The van der Waals surface area contributed by atoms with Crippen molar-refractivity contribution in [3.63, 3.8) is 0 Å². The van der Waals surface area contributed by atoms with Crippen LogP contribution in [0.15, 0.2) is 29.2 Å². The topological polar surface area (TPSA) is 43.7 Å². The molecule has 0 spiro atoms. The van der Waals surface area contributed by atoms with Crippen LogP contribution in [0.1, 0.15) is 24.8 Å². The molecule has 1 aliphatic heterocycles. The summed E-state index contributed by atoms with van der Waals surface area (Å²) in [5.41, 5.74) is 0.484. The third-order valence-electron chi connectivity index (χ3n) is 3.89. The second kappa shape index (κ2) is 6.75. The van der Waals surface area contributed by atoms with Gasteiger partial charge in [-0.1, -0.05) is 18.2 Å². The smallest absolute Gasteiger partial charge is 0.0890 e. The highest BCUT2D eigenvalue weighted by Gasteiger charge is 2.29. The minimum absolute atomic E-state index is 0.123. The van der Waals surface area contributed by atoms with Crippen LogP contribution in [0.5, 0.6) is 0 Å². The maximum atomic E-state index is 10.2. The molecule has 3 nitrogen and oxygen atoms in total. The lowest BCUT2D eigenvalue weighted by molar-refractivity contribution is -0.0255. The third-order valence-corrected chi connectivity index (χ3v) is 4.73. The van der Waals surface area contributed by atoms with Gasteiger partial charge >= 0.3 is 0 Å². The summed E-state index contributed by atoms with van der Waals surface area (Å²) in [6.45, 7) is 2.64. The van der Waals surface area contributed by atoms with Crippen LogP contribution >= 0.6 is 11.8 Å². The van der Waals surface area contributed by atoms with E-state index in [2.05, 4.69) is 35.4 Å². The molecule has 0 radical (unpaired) electrons. The van der Waals surface area contributed by atoms with E-state index in [1.807, 2.05) is 0 Å². The molecule has 2 rings (SSSR count). The summed E-state index contributed by atoms with van der Waals surface area (Å²) in [7, 11) is 0. The molecule has 0 unspecified atom stereocenters. The summed E-state index contributed by atoms with van der Waals surface area (Å²) < 4.78 is 0. The predicted octanol–water partition coefficient (Wildman–Crippen LogP) is 2.12. The second-order valence-electron chi connectivity index (χ2n) is 5.32. The Morgan fingerprint density at radius 3 is 2.79 bits per heavy atom. The van der Waals surface area contributed by atoms with Crippen molar-refractivity contribution in [1.29, 1.82) is 0 Å². The van der Waals surface area contributed by atoms with Crippen LogP contribution in [0.4, 0.5) is 0 Å². The van der Waals surface area contributed by atoms with Gasteiger partial charge in [-0.25, -0.2) is 0 Å². The molecule has 4 heteroatoms. The number of likely N-dealkylation sites (tertiary alicyclic amines) is 1. The Hall–Kier alpha value is -0.550. The monoisotopic (exact) mass is 281 g/mol. The van der Waals surface area contributed by atoms with Gasteiger partial charge < -0.3 is 10.2 Å². The number of hydrogen-bond donors (Lipinski definition) is 2. The van der Waals surface area contributed by atoms with E-state index in [1.54, 1.807) is 11.8 Å². The van der Waals surface area contributed by atoms with E-state index in [0.717, 1.165) is 26.1 Å². The molecule has 1 saturated heterocycles. The Balaban J connectivity index is 2.00. The Bertz CT molecular complexity index is 413. The van der Waals surface area contributed by atoms with Gasteiger partial charge in [0.15, 0.2) is 0 Å². The zero-order valence-corrected chi connectivity index (χ0v) is 12.3. The van der Waals surface area contributed by atoms with Crippen LogP contribution in [0.25, 0.3) is 0 Å². The van der Waals surface area contributed by atoms with E-state index in [9.17, 15) is 10.2 Å². The molecule has 0 bridgehead atoms. The zero-order chi connectivity index (χ0) is 13.7. The van der Waals surface area contributed by atoms with Crippen LogP contribution < -0.4 is 0 Å². The van der Waals surface area contributed by atoms with Crippen molar-refractivity contribution in [2.24, 2.45) is 0 Å². The number of benzene rings is 1. The van der Waals surface area contributed by atoms with Gasteiger partial charge in [0.05, 0.1) is 12.2 Å². The molecule has 19 heavy (non-hydrogen) atoms. The van der Waals surface area contributed by atoms with Crippen molar-refractivity contribution in [3.05, 3.63) is 29.8 Å². The molecule has 1 aliphatic rings. The lowest BCUT2D eigenvalue weighted by Crippen LogP contribution is -2.34. The minimum atomic E-state index is -0.867. The molecule has 0 aliphatic carbocycles. The van der Waals surface area contributed by atoms with Crippen molar-refractivity contribution < 1.29 is 10.2 Å². The third kappa shape index (κ3) is 3.96. The maximum absolute atomic E-state index is 10.2. The quantitative estimate of drug-likeness (QED) is 0.830. The minimum Gasteiger partial charge on any atom is -0.393 e. The van der Waals surface area contributed by atoms with Crippen LogP contribution in [-0.2, 0) is 6.54 Å². The first kappa shape index (κ1) is 14.9. The number of aliphatic hydroxyl groups is 2. The SMILES string of the molecule is CSc1ccccc1CN1CCC[C@@](O)(CO)CC1. The average molecular weight is 281 g/mol. The van der Waals surface area contributed by atoms with Gasteiger partial charge in [0.1, 0.15) is 0 Å². The lowest BCUT2D eigenvalue weighted by Gasteiger charge is -2.24. The van der Waals surface area contributed by atoms with E-state index in [0.29, 0.717) is 12.8 Å². The normalized spacial score (nSPS) is 25.2. The summed E-state index contributed by atoms with van der Waals surface area (Å²) in [6, 6.07) is 8.48. The molecule has 1 aromatic carbocycles. The Morgan fingerprint density at radius 2 is 2.05 bits per heavy atom. The van der Waals surface area contributed by atoms with E-state index in [-0.39, 0.29) is 6.61 Å². The number of hydrogen-bond acceptors (Lipinski definition) is 4. The molecule has 106 valence electrons. The summed E-state index contributed by atoms with van der Waals surface area (Å²) >= 11 is 1.78. The molecule has 1 fully saturated rings. The average Bonchev–Trinajstić information content (AvgIpc) is 2.63. The fourth-order valence-corrected chi connectivity index (χ4v) is 3.23. The summed E-state index contributed by atoms with van der Waals surface area (Å²) in [4.78, 5) is 3.70. The largest absolute Gasteiger partial charge is 0.393 e. The van der Waals surface area contributed by atoms with Gasteiger partial charge in [-0.3, -0.25) is 4.90 Å². The molecule has 0 amide bonds. The number of thioether (sulfide) groups is 1. The van der Waals surface area contributed by atoms with Crippen molar-refractivity contribution in [2.45, 2.75) is 36.3 Å². The molecule has 1 aromatic rings. The summed E-state index contributed by atoms with van der Waals surface area (Å²) in [6.07, 6.45) is 4.40. The summed E-state index contributed by atoms with van der Waals surface area (Å²) in [5, 5.41) is 19.4. The highest BCUT2D eigenvalue weighted by molar-refractivity contribution is 7.98. The van der Waals surface area contributed by atoms with Gasteiger partial charge in [0.2, 0.25) is 0 Å². The lowest BCUT2D eigenvalue weighted by atomic mass is 9.96. The number of rotatable bonds is 4. The molecule has 1 heterocycles.